The van der Waals surface area contributed by atoms with Crippen molar-refractivity contribution in [3.63, 3.8) is 0 Å². The molecule has 0 aliphatic carbocycles. The molecule has 120 valence electrons. The SMILES string of the molecule is CC(C)C[C@@H](CO)CNC(=O)[C@H](C)n1cnc2ccccc21. The number of hydrogen-bond acceptors (Lipinski definition) is 3. The van der Waals surface area contributed by atoms with Crippen molar-refractivity contribution in [2.24, 2.45) is 11.8 Å². The summed E-state index contributed by atoms with van der Waals surface area (Å²) in [6, 6.07) is 7.44. The van der Waals surface area contributed by atoms with Crippen LogP contribution in [-0.4, -0.2) is 33.7 Å². The van der Waals surface area contributed by atoms with Crippen LogP contribution in [0.3, 0.4) is 0 Å². The van der Waals surface area contributed by atoms with Crippen molar-refractivity contribution >= 4 is 16.9 Å². The maximum atomic E-state index is 12.3. The topological polar surface area (TPSA) is 67.2 Å². The lowest BCUT2D eigenvalue weighted by Crippen LogP contribution is -2.35. The zero-order chi connectivity index (χ0) is 16.1. The highest BCUT2D eigenvalue weighted by Gasteiger charge is 2.18. The molecule has 5 heteroatoms. The predicted octanol–water partition coefficient (Wildman–Crippen LogP) is 2.37. The minimum absolute atomic E-state index is 0.0506. The quantitative estimate of drug-likeness (QED) is 0.825. The molecule has 0 aliphatic heterocycles. The lowest BCUT2D eigenvalue weighted by molar-refractivity contribution is -0.124. The first-order chi connectivity index (χ1) is 10.5. The van der Waals surface area contributed by atoms with E-state index in [1.165, 1.54) is 0 Å². The third-order valence-electron chi connectivity index (χ3n) is 3.91. The minimum atomic E-state index is -0.328. The number of nitrogens with zero attached hydrogens (tertiary/aromatic N) is 2. The summed E-state index contributed by atoms with van der Waals surface area (Å²) in [4.78, 5) is 16.7. The standard InChI is InChI=1S/C17H25N3O2/c1-12(2)8-14(10-21)9-18-17(22)13(3)20-11-19-15-6-4-5-7-16(15)20/h4-7,11-14,21H,8-10H2,1-3H3,(H,18,22)/t13-,14+/m0/s1. The van der Waals surface area contributed by atoms with Crippen LogP contribution in [-0.2, 0) is 4.79 Å². The second kappa shape index (κ2) is 7.40. The number of para-hydroxylation sites is 2. The second-order valence-electron chi connectivity index (χ2n) is 6.24. The van der Waals surface area contributed by atoms with Crippen molar-refractivity contribution in [3.8, 4) is 0 Å². The van der Waals surface area contributed by atoms with Crippen molar-refractivity contribution in [2.75, 3.05) is 13.2 Å². The maximum absolute atomic E-state index is 12.3. The summed E-state index contributed by atoms with van der Waals surface area (Å²) in [7, 11) is 0. The molecule has 1 amide bonds. The number of aliphatic hydroxyl groups is 1. The van der Waals surface area contributed by atoms with Gasteiger partial charge in [0.25, 0.3) is 0 Å². The molecule has 0 spiro atoms. The summed E-state index contributed by atoms with van der Waals surface area (Å²) in [6.07, 6.45) is 2.60. The van der Waals surface area contributed by atoms with E-state index >= 15 is 0 Å². The Kier molecular flexibility index (Phi) is 5.55. The number of benzene rings is 1. The van der Waals surface area contributed by atoms with E-state index in [9.17, 15) is 9.90 Å². The van der Waals surface area contributed by atoms with E-state index in [0.29, 0.717) is 12.5 Å². The van der Waals surface area contributed by atoms with Gasteiger partial charge in [0.1, 0.15) is 6.04 Å². The molecule has 0 saturated carbocycles. The molecule has 2 atom stereocenters. The zero-order valence-electron chi connectivity index (χ0n) is 13.5. The molecule has 5 nitrogen and oxygen atoms in total. The van der Waals surface area contributed by atoms with Crippen molar-refractivity contribution < 1.29 is 9.90 Å². The van der Waals surface area contributed by atoms with Gasteiger partial charge < -0.3 is 15.0 Å². The van der Waals surface area contributed by atoms with Crippen LogP contribution in [0.1, 0.15) is 33.2 Å². The fraction of sp³-hybridized carbons (Fsp3) is 0.529. The Balaban J connectivity index is 2.00. The number of imidazole rings is 1. The highest BCUT2D eigenvalue weighted by Crippen LogP contribution is 2.17. The molecule has 1 aromatic carbocycles. The first-order valence-electron chi connectivity index (χ1n) is 7.83. The fourth-order valence-corrected chi connectivity index (χ4v) is 2.69. The lowest BCUT2D eigenvalue weighted by atomic mass is 9.98. The molecule has 0 fully saturated rings. The molecular weight excluding hydrogens is 278 g/mol. The molecule has 0 saturated heterocycles. The van der Waals surface area contributed by atoms with Gasteiger partial charge in [0.2, 0.25) is 5.91 Å². The molecule has 2 rings (SSSR count). The van der Waals surface area contributed by atoms with Gasteiger partial charge in [-0.15, -0.1) is 0 Å². The number of aliphatic hydroxyl groups excluding tert-OH is 1. The average Bonchev–Trinajstić information content (AvgIpc) is 2.93. The Morgan fingerprint density at radius 2 is 2.05 bits per heavy atom. The third-order valence-corrected chi connectivity index (χ3v) is 3.91. The van der Waals surface area contributed by atoms with Gasteiger partial charge in [-0.05, 0) is 37.3 Å². The van der Waals surface area contributed by atoms with Gasteiger partial charge in [0.05, 0.1) is 17.4 Å². The predicted molar refractivity (Wildman–Crippen MR) is 87.5 cm³/mol. The van der Waals surface area contributed by atoms with E-state index in [0.717, 1.165) is 17.5 Å². The first kappa shape index (κ1) is 16.5. The summed E-state index contributed by atoms with van der Waals surface area (Å²) in [5.74, 6) is 0.560. The van der Waals surface area contributed by atoms with Gasteiger partial charge in [-0.25, -0.2) is 4.98 Å². The number of fused-ring (bicyclic) bond motifs is 1. The fourth-order valence-electron chi connectivity index (χ4n) is 2.69. The van der Waals surface area contributed by atoms with Gasteiger partial charge in [-0.3, -0.25) is 4.79 Å². The highest BCUT2D eigenvalue weighted by molar-refractivity contribution is 5.83. The Labute approximate surface area is 131 Å². The number of carbonyl (C=O) groups is 1. The van der Waals surface area contributed by atoms with Crippen LogP contribution < -0.4 is 5.32 Å². The van der Waals surface area contributed by atoms with Crippen LogP contribution in [0.5, 0.6) is 0 Å². The van der Waals surface area contributed by atoms with Crippen LogP contribution >= 0.6 is 0 Å². The number of nitrogens with one attached hydrogen (secondary N) is 1. The lowest BCUT2D eigenvalue weighted by Gasteiger charge is -2.19. The monoisotopic (exact) mass is 303 g/mol. The largest absolute Gasteiger partial charge is 0.396 e. The summed E-state index contributed by atoms with van der Waals surface area (Å²) >= 11 is 0. The van der Waals surface area contributed by atoms with Crippen molar-refractivity contribution in [2.45, 2.75) is 33.2 Å². The van der Waals surface area contributed by atoms with Gasteiger partial charge in [-0.1, -0.05) is 26.0 Å². The molecule has 22 heavy (non-hydrogen) atoms. The summed E-state index contributed by atoms with van der Waals surface area (Å²) < 4.78 is 1.88. The Hall–Kier alpha value is -1.88. The van der Waals surface area contributed by atoms with E-state index in [2.05, 4.69) is 24.1 Å². The van der Waals surface area contributed by atoms with E-state index in [1.807, 2.05) is 35.8 Å². The average molecular weight is 303 g/mol. The summed E-state index contributed by atoms with van der Waals surface area (Å²) in [5, 5.41) is 12.3. The van der Waals surface area contributed by atoms with E-state index in [1.54, 1.807) is 6.33 Å². The molecule has 0 bridgehead atoms. The van der Waals surface area contributed by atoms with Crippen molar-refractivity contribution in [1.29, 1.82) is 0 Å². The highest BCUT2D eigenvalue weighted by atomic mass is 16.3. The summed E-state index contributed by atoms with van der Waals surface area (Å²) in [5.41, 5.74) is 1.83. The molecule has 0 unspecified atom stereocenters. The molecule has 1 aromatic heterocycles. The van der Waals surface area contributed by atoms with Crippen LogP contribution in [0.4, 0.5) is 0 Å². The third kappa shape index (κ3) is 3.85. The first-order valence-corrected chi connectivity index (χ1v) is 7.83. The molecular formula is C17H25N3O2. The van der Waals surface area contributed by atoms with Crippen LogP contribution in [0.15, 0.2) is 30.6 Å². The minimum Gasteiger partial charge on any atom is -0.396 e. The Morgan fingerprint density at radius 1 is 1.32 bits per heavy atom. The Morgan fingerprint density at radius 3 is 2.73 bits per heavy atom. The number of aromatic nitrogens is 2. The van der Waals surface area contributed by atoms with E-state index in [-0.39, 0.29) is 24.5 Å². The smallest absolute Gasteiger partial charge is 0.242 e. The van der Waals surface area contributed by atoms with E-state index < -0.39 is 0 Å². The molecule has 2 aromatic rings. The van der Waals surface area contributed by atoms with Crippen molar-refractivity contribution in [1.82, 2.24) is 14.9 Å². The van der Waals surface area contributed by atoms with E-state index in [4.69, 9.17) is 0 Å². The number of carbonyl (C=O) groups excluding carboxylic acids is 1. The number of rotatable bonds is 7. The van der Waals surface area contributed by atoms with Gasteiger partial charge >= 0.3 is 0 Å². The molecule has 1 heterocycles. The summed E-state index contributed by atoms with van der Waals surface area (Å²) in [6.45, 7) is 6.70. The van der Waals surface area contributed by atoms with Gasteiger partial charge in [0, 0.05) is 13.2 Å². The maximum Gasteiger partial charge on any atom is 0.242 e. The Bertz CT molecular complexity index is 621. The molecule has 0 aliphatic rings. The molecule has 2 N–H and O–H groups in total. The number of hydrogen-bond donors (Lipinski definition) is 2. The van der Waals surface area contributed by atoms with Crippen LogP contribution in [0, 0.1) is 11.8 Å². The van der Waals surface area contributed by atoms with Crippen LogP contribution in [0.2, 0.25) is 0 Å². The van der Waals surface area contributed by atoms with Gasteiger partial charge in [-0.2, -0.15) is 0 Å². The second-order valence-corrected chi connectivity index (χ2v) is 6.24. The number of amides is 1. The van der Waals surface area contributed by atoms with Gasteiger partial charge in [0.15, 0.2) is 0 Å². The normalized spacial score (nSPS) is 14.2. The zero-order valence-corrected chi connectivity index (χ0v) is 13.5. The molecule has 0 radical (unpaired) electrons. The van der Waals surface area contributed by atoms with Crippen molar-refractivity contribution in [3.05, 3.63) is 30.6 Å². The van der Waals surface area contributed by atoms with Crippen LogP contribution in [0.25, 0.3) is 11.0 Å².